The summed E-state index contributed by atoms with van der Waals surface area (Å²) in [5.74, 6) is 1.78. The minimum atomic E-state index is -0.267. The van der Waals surface area contributed by atoms with E-state index in [-0.39, 0.29) is 11.9 Å². The maximum atomic E-state index is 13.3. The van der Waals surface area contributed by atoms with Gasteiger partial charge in [-0.3, -0.25) is 4.90 Å². The summed E-state index contributed by atoms with van der Waals surface area (Å²) >= 11 is 0. The summed E-state index contributed by atoms with van der Waals surface area (Å²) in [4.78, 5) is 4.67. The standard InChI is InChI=1S/C22H27FN6O2/c1-27-11-13-28(14-12-27)20(18-5-4-6-19(30-2)21(18)31-3)22-24-25-26-29(22)15-16-7-9-17(23)10-8-16/h4-10,20H,11-15H2,1-3H3/t20-/m0/s1. The SMILES string of the molecule is COc1cccc([C@@H](c2nnnn2Cc2ccc(F)cc2)N2CCN(C)CC2)c1OC. The molecular formula is C22H27FN6O2. The lowest BCUT2D eigenvalue weighted by atomic mass is 10.0. The molecule has 4 rings (SSSR count). The first-order valence-corrected chi connectivity index (χ1v) is 10.2. The third-order valence-corrected chi connectivity index (χ3v) is 5.68. The maximum absolute atomic E-state index is 13.3. The second-order valence-electron chi connectivity index (χ2n) is 7.65. The van der Waals surface area contributed by atoms with E-state index in [1.807, 2.05) is 18.2 Å². The predicted octanol–water partition coefficient (Wildman–Crippen LogP) is 2.21. The molecule has 1 aliphatic heterocycles. The van der Waals surface area contributed by atoms with Crippen molar-refractivity contribution >= 4 is 0 Å². The van der Waals surface area contributed by atoms with Crippen molar-refractivity contribution in [2.45, 2.75) is 12.6 Å². The molecule has 8 nitrogen and oxygen atoms in total. The van der Waals surface area contributed by atoms with Gasteiger partial charge >= 0.3 is 0 Å². The van der Waals surface area contributed by atoms with Gasteiger partial charge in [0.25, 0.3) is 0 Å². The van der Waals surface area contributed by atoms with E-state index < -0.39 is 0 Å². The number of piperazine rings is 1. The summed E-state index contributed by atoms with van der Waals surface area (Å²) in [6, 6.07) is 12.0. The molecule has 1 atom stereocenters. The summed E-state index contributed by atoms with van der Waals surface area (Å²) < 4.78 is 26.4. The van der Waals surface area contributed by atoms with E-state index in [0.29, 0.717) is 23.9 Å². The van der Waals surface area contributed by atoms with E-state index in [1.165, 1.54) is 12.1 Å². The van der Waals surface area contributed by atoms with Crippen LogP contribution in [-0.2, 0) is 6.54 Å². The van der Waals surface area contributed by atoms with Crippen LogP contribution in [0.4, 0.5) is 4.39 Å². The molecule has 9 heteroatoms. The molecule has 1 aromatic heterocycles. The van der Waals surface area contributed by atoms with Crippen LogP contribution in [-0.4, -0.2) is 77.5 Å². The number of benzene rings is 2. The fraction of sp³-hybridized carbons (Fsp3) is 0.409. The quantitative estimate of drug-likeness (QED) is 0.574. The Morgan fingerprint density at radius 1 is 1.00 bits per heavy atom. The van der Waals surface area contributed by atoms with Crippen LogP contribution in [0, 0.1) is 5.82 Å². The summed E-state index contributed by atoms with van der Waals surface area (Å²) in [5, 5.41) is 12.6. The van der Waals surface area contributed by atoms with Gasteiger partial charge in [-0.25, -0.2) is 9.07 Å². The number of rotatable bonds is 7. The fourth-order valence-corrected chi connectivity index (χ4v) is 3.99. The molecule has 164 valence electrons. The van der Waals surface area contributed by atoms with Crippen molar-refractivity contribution in [2.75, 3.05) is 47.4 Å². The minimum absolute atomic E-state index is 0.214. The van der Waals surface area contributed by atoms with Gasteiger partial charge in [-0.05, 0) is 41.2 Å². The Hall–Kier alpha value is -3.04. The summed E-state index contributed by atoms with van der Waals surface area (Å²) in [6.45, 7) is 4.07. The van der Waals surface area contributed by atoms with Crippen LogP contribution >= 0.6 is 0 Å². The van der Waals surface area contributed by atoms with Gasteiger partial charge in [0.05, 0.1) is 20.8 Å². The second kappa shape index (κ2) is 9.40. The first kappa shape index (κ1) is 21.2. The van der Waals surface area contributed by atoms with Crippen molar-refractivity contribution in [3.05, 3.63) is 65.2 Å². The van der Waals surface area contributed by atoms with E-state index in [0.717, 1.165) is 37.3 Å². The van der Waals surface area contributed by atoms with E-state index in [4.69, 9.17) is 9.47 Å². The summed E-state index contributed by atoms with van der Waals surface area (Å²) in [7, 11) is 5.39. The molecule has 2 aromatic carbocycles. The lowest BCUT2D eigenvalue weighted by Crippen LogP contribution is -2.46. The van der Waals surface area contributed by atoms with Gasteiger partial charge in [-0.1, -0.05) is 24.3 Å². The summed E-state index contributed by atoms with van der Waals surface area (Å²) in [6.07, 6.45) is 0. The number of methoxy groups -OCH3 is 2. The Balaban J connectivity index is 1.76. The molecule has 1 fully saturated rings. The van der Waals surface area contributed by atoms with Crippen molar-refractivity contribution in [1.82, 2.24) is 30.0 Å². The van der Waals surface area contributed by atoms with Crippen LogP contribution in [0.5, 0.6) is 11.5 Å². The van der Waals surface area contributed by atoms with Crippen LogP contribution in [0.25, 0.3) is 0 Å². The number of hydrogen-bond acceptors (Lipinski definition) is 7. The molecule has 0 N–H and O–H groups in total. The van der Waals surface area contributed by atoms with Crippen molar-refractivity contribution in [3.8, 4) is 11.5 Å². The van der Waals surface area contributed by atoms with Gasteiger partial charge in [0.15, 0.2) is 17.3 Å². The Labute approximate surface area is 181 Å². The molecule has 0 aliphatic carbocycles. The summed E-state index contributed by atoms with van der Waals surface area (Å²) in [5.41, 5.74) is 1.87. The van der Waals surface area contributed by atoms with Crippen molar-refractivity contribution in [1.29, 1.82) is 0 Å². The third kappa shape index (κ3) is 4.52. The Morgan fingerprint density at radius 2 is 1.74 bits per heavy atom. The number of para-hydroxylation sites is 1. The highest BCUT2D eigenvalue weighted by Crippen LogP contribution is 2.39. The number of hydrogen-bond donors (Lipinski definition) is 0. The molecule has 0 saturated carbocycles. The molecule has 0 bridgehead atoms. The van der Waals surface area contributed by atoms with Gasteiger partial charge in [-0.15, -0.1) is 5.10 Å². The monoisotopic (exact) mass is 426 g/mol. The van der Waals surface area contributed by atoms with Crippen molar-refractivity contribution < 1.29 is 13.9 Å². The van der Waals surface area contributed by atoms with Crippen LogP contribution < -0.4 is 9.47 Å². The number of likely N-dealkylation sites (N-methyl/N-ethyl adjacent to an activating group) is 1. The molecule has 0 spiro atoms. The highest BCUT2D eigenvalue weighted by atomic mass is 19.1. The number of aromatic nitrogens is 4. The highest BCUT2D eigenvalue weighted by molar-refractivity contribution is 5.49. The lowest BCUT2D eigenvalue weighted by Gasteiger charge is -2.38. The molecule has 3 aromatic rings. The topological polar surface area (TPSA) is 68.5 Å². The van der Waals surface area contributed by atoms with Gasteiger partial charge in [0, 0.05) is 31.7 Å². The van der Waals surface area contributed by atoms with Gasteiger partial charge in [0.1, 0.15) is 11.9 Å². The highest BCUT2D eigenvalue weighted by Gasteiger charge is 2.33. The van der Waals surface area contributed by atoms with Crippen LogP contribution in [0.3, 0.4) is 0 Å². The molecule has 1 saturated heterocycles. The minimum Gasteiger partial charge on any atom is -0.493 e. The number of tetrazole rings is 1. The average Bonchev–Trinajstić information content (AvgIpc) is 3.24. The average molecular weight is 426 g/mol. The second-order valence-corrected chi connectivity index (χ2v) is 7.65. The molecular weight excluding hydrogens is 399 g/mol. The van der Waals surface area contributed by atoms with Gasteiger partial charge in [-0.2, -0.15) is 0 Å². The zero-order valence-corrected chi connectivity index (χ0v) is 18.0. The largest absolute Gasteiger partial charge is 0.493 e. The third-order valence-electron chi connectivity index (χ3n) is 5.68. The van der Waals surface area contributed by atoms with Gasteiger partial charge in [0.2, 0.25) is 0 Å². The Kier molecular flexibility index (Phi) is 6.43. The van der Waals surface area contributed by atoms with E-state index in [2.05, 4.69) is 32.4 Å². The molecule has 31 heavy (non-hydrogen) atoms. The van der Waals surface area contributed by atoms with E-state index in [9.17, 15) is 4.39 Å². The number of ether oxygens (including phenoxy) is 2. The predicted molar refractivity (Wildman–Crippen MR) is 114 cm³/mol. The number of halogens is 1. The zero-order chi connectivity index (χ0) is 21.8. The molecule has 0 radical (unpaired) electrons. The molecule has 0 amide bonds. The fourth-order valence-electron chi connectivity index (χ4n) is 3.99. The molecule has 2 heterocycles. The molecule has 0 unspecified atom stereocenters. The van der Waals surface area contributed by atoms with Crippen molar-refractivity contribution in [2.24, 2.45) is 0 Å². The van der Waals surface area contributed by atoms with Crippen molar-refractivity contribution in [3.63, 3.8) is 0 Å². The zero-order valence-electron chi connectivity index (χ0n) is 18.0. The normalized spacial score (nSPS) is 16.3. The van der Waals surface area contributed by atoms with Gasteiger partial charge < -0.3 is 14.4 Å². The number of nitrogens with zero attached hydrogens (tertiary/aromatic N) is 6. The Bertz CT molecular complexity index is 1000. The van der Waals surface area contributed by atoms with Crippen LogP contribution in [0.2, 0.25) is 0 Å². The first-order valence-electron chi connectivity index (χ1n) is 10.2. The first-order chi connectivity index (χ1) is 15.1. The Morgan fingerprint density at radius 3 is 2.42 bits per heavy atom. The maximum Gasteiger partial charge on any atom is 0.173 e. The molecule has 1 aliphatic rings. The van der Waals surface area contributed by atoms with E-state index in [1.54, 1.807) is 31.0 Å². The lowest BCUT2D eigenvalue weighted by molar-refractivity contribution is 0.120. The van der Waals surface area contributed by atoms with Crippen LogP contribution in [0.15, 0.2) is 42.5 Å². The smallest absolute Gasteiger partial charge is 0.173 e. The van der Waals surface area contributed by atoms with E-state index >= 15 is 0 Å². The van der Waals surface area contributed by atoms with Crippen LogP contribution in [0.1, 0.15) is 23.0 Å².